The van der Waals surface area contributed by atoms with E-state index in [-0.39, 0.29) is 18.1 Å². The van der Waals surface area contributed by atoms with Crippen molar-refractivity contribution in [2.75, 3.05) is 11.9 Å². The number of hydrogen-bond donors (Lipinski definition) is 2. The number of rotatable bonds is 6. The van der Waals surface area contributed by atoms with Crippen molar-refractivity contribution >= 4 is 17.4 Å². The molecule has 1 amide bonds. The Morgan fingerprint density at radius 3 is 2.58 bits per heavy atom. The first-order valence-corrected chi connectivity index (χ1v) is 5.94. The second-order valence-corrected chi connectivity index (χ2v) is 4.98. The highest BCUT2D eigenvalue weighted by molar-refractivity contribution is 5.80. The Balaban J connectivity index is 3.05. The maximum absolute atomic E-state index is 11.2. The Kier molecular flexibility index (Phi) is 4.13. The quantitative estimate of drug-likeness (QED) is 0.585. The smallest absolute Gasteiger partial charge is 0.333 e. The summed E-state index contributed by atoms with van der Waals surface area (Å²) >= 11 is 0. The van der Waals surface area contributed by atoms with Gasteiger partial charge in [-0.1, -0.05) is 6.92 Å². The van der Waals surface area contributed by atoms with Gasteiger partial charge in [-0.05, 0) is 20.3 Å². The van der Waals surface area contributed by atoms with Crippen LogP contribution in [0.4, 0.5) is 11.5 Å². The van der Waals surface area contributed by atoms with Crippen LogP contribution in [0, 0.1) is 15.5 Å². The standard InChI is InChI=1S/C11H19N5O3/c1-5-7-8(16(18)19)9(15(4)14-7)13-6-11(2,3)10(12)17/h13H,5-6H2,1-4H3,(H2,12,17). The largest absolute Gasteiger partial charge is 0.369 e. The molecular weight excluding hydrogens is 250 g/mol. The van der Waals surface area contributed by atoms with Crippen LogP contribution >= 0.6 is 0 Å². The molecule has 0 aliphatic heterocycles. The number of aromatic nitrogens is 2. The van der Waals surface area contributed by atoms with Gasteiger partial charge in [0.1, 0.15) is 5.69 Å². The molecule has 0 bridgehead atoms. The lowest BCUT2D eigenvalue weighted by atomic mass is 9.93. The molecule has 0 saturated carbocycles. The van der Waals surface area contributed by atoms with Crippen molar-refractivity contribution in [2.24, 2.45) is 18.2 Å². The zero-order chi connectivity index (χ0) is 14.8. The molecule has 0 saturated heterocycles. The number of nitrogens with one attached hydrogen (secondary N) is 1. The third-order valence-corrected chi connectivity index (χ3v) is 2.97. The number of nitrogens with two attached hydrogens (primary N) is 1. The molecule has 0 atom stereocenters. The summed E-state index contributed by atoms with van der Waals surface area (Å²) in [6.45, 7) is 5.34. The van der Waals surface area contributed by atoms with Crippen LogP contribution in [0.5, 0.6) is 0 Å². The molecule has 3 N–H and O–H groups in total. The van der Waals surface area contributed by atoms with Gasteiger partial charge in [0.25, 0.3) is 0 Å². The van der Waals surface area contributed by atoms with Gasteiger partial charge in [-0.3, -0.25) is 14.9 Å². The summed E-state index contributed by atoms with van der Waals surface area (Å²) < 4.78 is 1.41. The predicted octanol–water partition coefficient (Wildman–Crippen LogP) is 0.814. The molecule has 0 aromatic carbocycles. The van der Waals surface area contributed by atoms with Crippen molar-refractivity contribution in [3.8, 4) is 0 Å². The monoisotopic (exact) mass is 269 g/mol. The first kappa shape index (κ1) is 14.9. The van der Waals surface area contributed by atoms with Crippen molar-refractivity contribution in [2.45, 2.75) is 27.2 Å². The van der Waals surface area contributed by atoms with Gasteiger partial charge in [-0.15, -0.1) is 0 Å². The third-order valence-electron chi connectivity index (χ3n) is 2.97. The number of nitro groups is 1. The number of carbonyl (C=O) groups is 1. The molecular formula is C11H19N5O3. The SMILES string of the molecule is CCc1nn(C)c(NCC(C)(C)C(N)=O)c1[N+](=O)[O-]. The molecule has 0 fully saturated rings. The lowest BCUT2D eigenvalue weighted by Crippen LogP contribution is -2.37. The highest BCUT2D eigenvalue weighted by Crippen LogP contribution is 2.29. The number of primary amides is 1. The topological polar surface area (TPSA) is 116 Å². The molecule has 8 heteroatoms. The number of hydrogen-bond acceptors (Lipinski definition) is 5. The number of carbonyl (C=O) groups excluding carboxylic acids is 1. The van der Waals surface area contributed by atoms with E-state index in [1.165, 1.54) is 4.68 Å². The minimum atomic E-state index is -0.801. The molecule has 0 radical (unpaired) electrons. The molecule has 106 valence electrons. The van der Waals surface area contributed by atoms with Gasteiger partial charge in [0.2, 0.25) is 11.7 Å². The van der Waals surface area contributed by atoms with Gasteiger partial charge in [-0.2, -0.15) is 5.10 Å². The second-order valence-electron chi connectivity index (χ2n) is 4.98. The van der Waals surface area contributed by atoms with Crippen molar-refractivity contribution in [1.29, 1.82) is 0 Å². The van der Waals surface area contributed by atoms with E-state index in [4.69, 9.17) is 5.73 Å². The van der Waals surface area contributed by atoms with E-state index < -0.39 is 16.2 Å². The Hall–Kier alpha value is -2.12. The van der Waals surface area contributed by atoms with Crippen molar-refractivity contribution in [3.63, 3.8) is 0 Å². The number of nitrogens with zero attached hydrogens (tertiary/aromatic N) is 3. The van der Waals surface area contributed by atoms with E-state index in [2.05, 4.69) is 10.4 Å². The van der Waals surface area contributed by atoms with E-state index in [1.807, 2.05) is 0 Å². The van der Waals surface area contributed by atoms with E-state index in [9.17, 15) is 14.9 Å². The van der Waals surface area contributed by atoms with Crippen molar-refractivity contribution < 1.29 is 9.72 Å². The Bertz CT molecular complexity index is 507. The van der Waals surface area contributed by atoms with Crippen LogP contribution in [-0.2, 0) is 18.3 Å². The molecule has 0 aliphatic carbocycles. The summed E-state index contributed by atoms with van der Waals surface area (Å²) in [4.78, 5) is 21.9. The van der Waals surface area contributed by atoms with Crippen molar-refractivity contribution in [1.82, 2.24) is 9.78 Å². The molecule has 1 aromatic rings. The van der Waals surface area contributed by atoms with Crippen LogP contribution < -0.4 is 11.1 Å². The lowest BCUT2D eigenvalue weighted by Gasteiger charge is -2.21. The van der Waals surface area contributed by atoms with Gasteiger partial charge in [0.15, 0.2) is 0 Å². The summed E-state index contributed by atoms with van der Waals surface area (Å²) in [5, 5.41) is 18.1. The summed E-state index contributed by atoms with van der Waals surface area (Å²) in [5.41, 5.74) is 4.82. The molecule has 0 spiro atoms. The van der Waals surface area contributed by atoms with Gasteiger partial charge >= 0.3 is 5.69 Å². The fraction of sp³-hybridized carbons (Fsp3) is 0.636. The molecule has 0 unspecified atom stereocenters. The minimum Gasteiger partial charge on any atom is -0.369 e. The highest BCUT2D eigenvalue weighted by Gasteiger charge is 2.29. The number of anilines is 1. The molecule has 1 rings (SSSR count). The summed E-state index contributed by atoms with van der Waals surface area (Å²) in [6, 6.07) is 0. The maximum Gasteiger partial charge on any atom is 0.333 e. The normalized spacial score (nSPS) is 11.4. The van der Waals surface area contributed by atoms with E-state index in [0.29, 0.717) is 12.1 Å². The Labute approximate surface area is 111 Å². The Morgan fingerprint density at radius 2 is 2.16 bits per heavy atom. The predicted molar refractivity (Wildman–Crippen MR) is 70.7 cm³/mol. The summed E-state index contributed by atoms with van der Waals surface area (Å²) in [7, 11) is 1.62. The van der Waals surface area contributed by atoms with Gasteiger partial charge in [0, 0.05) is 13.6 Å². The second kappa shape index (κ2) is 5.25. The van der Waals surface area contributed by atoms with Crippen LogP contribution in [0.2, 0.25) is 0 Å². The molecule has 1 heterocycles. The maximum atomic E-state index is 11.2. The van der Waals surface area contributed by atoms with Crippen LogP contribution in [0.3, 0.4) is 0 Å². The van der Waals surface area contributed by atoms with Gasteiger partial charge < -0.3 is 11.1 Å². The fourth-order valence-corrected chi connectivity index (χ4v) is 1.59. The van der Waals surface area contributed by atoms with E-state index in [0.717, 1.165) is 0 Å². The van der Waals surface area contributed by atoms with Crippen LogP contribution in [0.15, 0.2) is 0 Å². The van der Waals surface area contributed by atoms with Crippen molar-refractivity contribution in [3.05, 3.63) is 15.8 Å². The molecule has 1 aromatic heterocycles. The minimum absolute atomic E-state index is 0.0507. The van der Waals surface area contributed by atoms with Gasteiger partial charge in [0.05, 0.1) is 10.3 Å². The Morgan fingerprint density at radius 1 is 1.58 bits per heavy atom. The molecule has 19 heavy (non-hydrogen) atoms. The van der Waals surface area contributed by atoms with Crippen LogP contribution in [0.25, 0.3) is 0 Å². The lowest BCUT2D eigenvalue weighted by molar-refractivity contribution is -0.384. The highest BCUT2D eigenvalue weighted by atomic mass is 16.6. The first-order valence-electron chi connectivity index (χ1n) is 5.94. The summed E-state index contributed by atoms with van der Waals surface area (Å²) in [6.07, 6.45) is 0.463. The fourth-order valence-electron chi connectivity index (χ4n) is 1.59. The average molecular weight is 269 g/mol. The first-order chi connectivity index (χ1) is 8.70. The average Bonchev–Trinajstić information content (AvgIpc) is 2.63. The zero-order valence-electron chi connectivity index (χ0n) is 11.6. The number of aryl methyl sites for hydroxylation is 2. The third kappa shape index (κ3) is 3.01. The van der Waals surface area contributed by atoms with Crippen LogP contribution in [-0.4, -0.2) is 27.2 Å². The van der Waals surface area contributed by atoms with E-state index >= 15 is 0 Å². The van der Waals surface area contributed by atoms with Gasteiger partial charge in [-0.25, -0.2) is 4.68 Å². The zero-order valence-corrected chi connectivity index (χ0v) is 11.6. The molecule has 8 nitrogen and oxygen atoms in total. The van der Waals surface area contributed by atoms with Crippen LogP contribution in [0.1, 0.15) is 26.5 Å². The molecule has 0 aliphatic rings. The van der Waals surface area contributed by atoms with E-state index in [1.54, 1.807) is 27.8 Å². The summed E-state index contributed by atoms with van der Waals surface area (Å²) in [5.74, 6) is -0.184. The number of amides is 1.